The minimum absolute atomic E-state index is 0.371. The lowest BCUT2D eigenvalue weighted by Crippen LogP contribution is -2.36. The molecule has 1 aromatic heterocycles. The zero-order valence-corrected chi connectivity index (χ0v) is 13.2. The number of hydrogen-bond donors (Lipinski definition) is 3. The Morgan fingerprint density at radius 1 is 1.23 bits per heavy atom. The number of aliphatic hydroxyl groups is 1. The lowest BCUT2D eigenvalue weighted by molar-refractivity contribution is -0.0397. The van der Waals surface area contributed by atoms with Gasteiger partial charge < -0.3 is 15.4 Å². The standard InChI is InChI=1S/C19H26N2O/c22-19(7-2-8-19)9-6-14-4-5-18-17(11-14)15(13-21-18)12-16-3-1-10-20-16/h4-5,11,13,16,20-22H,1-3,6-10,12H2/t16-/m1/s1. The molecule has 0 spiro atoms. The highest BCUT2D eigenvalue weighted by Crippen LogP contribution is 2.35. The highest BCUT2D eigenvalue weighted by Gasteiger charge is 2.33. The smallest absolute Gasteiger partial charge is 0.0651 e. The molecule has 22 heavy (non-hydrogen) atoms. The van der Waals surface area contributed by atoms with Gasteiger partial charge in [0.1, 0.15) is 0 Å². The number of aromatic nitrogens is 1. The molecule has 0 radical (unpaired) electrons. The van der Waals surface area contributed by atoms with E-state index >= 15 is 0 Å². The van der Waals surface area contributed by atoms with Gasteiger partial charge in [0, 0.05) is 23.1 Å². The van der Waals surface area contributed by atoms with Crippen LogP contribution in [-0.2, 0) is 12.8 Å². The third-order valence-electron chi connectivity index (χ3n) is 5.62. The molecule has 3 nitrogen and oxygen atoms in total. The van der Waals surface area contributed by atoms with E-state index in [9.17, 15) is 5.11 Å². The SMILES string of the molecule is OC1(CCc2ccc3[nH]cc(C[C@H]4CCCN4)c3c2)CCC1. The molecule has 1 aromatic carbocycles. The monoisotopic (exact) mass is 298 g/mol. The van der Waals surface area contributed by atoms with Crippen LogP contribution in [0, 0.1) is 0 Å². The van der Waals surface area contributed by atoms with Crippen molar-refractivity contribution in [1.29, 1.82) is 0 Å². The van der Waals surface area contributed by atoms with Gasteiger partial charge >= 0.3 is 0 Å². The molecule has 2 heterocycles. The second-order valence-electron chi connectivity index (χ2n) is 7.27. The van der Waals surface area contributed by atoms with Gasteiger partial charge in [-0.1, -0.05) is 6.07 Å². The minimum atomic E-state index is -0.371. The number of rotatable bonds is 5. The predicted molar refractivity (Wildman–Crippen MR) is 90.1 cm³/mol. The van der Waals surface area contributed by atoms with Gasteiger partial charge in [-0.25, -0.2) is 0 Å². The third kappa shape index (κ3) is 2.80. The average molecular weight is 298 g/mol. The second kappa shape index (κ2) is 5.71. The highest BCUT2D eigenvalue weighted by atomic mass is 16.3. The third-order valence-corrected chi connectivity index (χ3v) is 5.62. The van der Waals surface area contributed by atoms with Crippen molar-refractivity contribution in [2.24, 2.45) is 0 Å². The van der Waals surface area contributed by atoms with E-state index in [1.807, 2.05) is 0 Å². The van der Waals surface area contributed by atoms with Crippen LogP contribution in [0.1, 0.15) is 49.7 Å². The number of H-pyrrole nitrogens is 1. The molecule has 2 aromatic rings. The maximum absolute atomic E-state index is 10.3. The van der Waals surface area contributed by atoms with Crippen LogP contribution in [0.25, 0.3) is 10.9 Å². The van der Waals surface area contributed by atoms with E-state index in [0.29, 0.717) is 6.04 Å². The fraction of sp³-hybridized carbons (Fsp3) is 0.579. The molecule has 118 valence electrons. The highest BCUT2D eigenvalue weighted by molar-refractivity contribution is 5.84. The minimum Gasteiger partial charge on any atom is -0.390 e. The fourth-order valence-corrected chi connectivity index (χ4v) is 3.96. The Morgan fingerprint density at radius 2 is 2.14 bits per heavy atom. The Bertz CT molecular complexity index is 650. The number of nitrogens with one attached hydrogen (secondary N) is 2. The summed E-state index contributed by atoms with van der Waals surface area (Å²) in [7, 11) is 0. The van der Waals surface area contributed by atoms with E-state index in [0.717, 1.165) is 38.6 Å². The lowest BCUT2D eigenvalue weighted by atomic mass is 9.76. The molecule has 2 fully saturated rings. The van der Waals surface area contributed by atoms with Gasteiger partial charge in [-0.15, -0.1) is 0 Å². The van der Waals surface area contributed by atoms with E-state index < -0.39 is 0 Å². The first-order chi connectivity index (χ1) is 10.7. The quantitative estimate of drug-likeness (QED) is 0.793. The Balaban J connectivity index is 1.50. The molecule has 4 rings (SSSR count). The number of hydrogen-bond acceptors (Lipinski definition) is 2. The van der Waals surface area contributed by atoms with E-state index in [-0.39, 0.29) is 5.60 Å². The zero-order chi connectivity index (χ0) is 15.0. The summed E-state index contributed by atoms with van der Waals surface area (Å²) < 4.78 is 0. The van der Waals surface area contributed by atoms with Crippen molar-refractivity contribution in [3.63, 3.8) is 0 Å². The van der Waals surface area contributed by atoms with Crippen molar-refractivity contribution < 1.29 is 5.11 Å². The van der Waals surface area contributed by atoms with Crippen molar-refractivity contribution in [1.82, 2.24) is 10.3 Å². The van der Waals surface area contributed by atoms with Crippen molar-refractivity contribution in [3.8, 4) is 0 Å². The number of benzene rings is 1. The molecule has 2 aliphatic rings. The summed E-state index contributed by atoms with van der Waals surface area (Å²) in [6, 6.07) is 7.37. The van der Waals surface area contributed by atoms with Gasteiger partial charge in [-0.05, 0) is 81.2 Å². The van der Waals surface area contributed by atoms with Gasteiger partial charge in [-0.2, -0.15) is 0 Å². The Hall–Kier alpha value is -1.32. The summed E-state index contributed by atoms with van der Waals surface area (Å²) >= 11 is 0. The summed E-state index contributed by atoms with van der Waals surface area (Å²) in [6.45, 7) is 1.16. The fourth-order valence-electron chi connectivity index (χ4n) is 3.96. The van der Waals surface area contributed by atoms with Gasteiger partial charge in [0.2, 0.25) is 0 Å². The molecule has 0 amide bonds. The lowest BCUT2D eigenvalue weighted by Gasteiger charge is -2.36. The molecule has 1 saturated carbocycles. The van der Waals surface area contributed by atoms with Crippen molar-refractivity contribution in [3.05, 3.63) is 35.5 Å². The van der Waals surface area contributed by atoms with Crippen LogP contribution in [-0.4, -0.2) is 28.3 Å². The maximum atomic E-state index is 10.3. The van der Waals surface area contributed by atoms with E-state index in [1.165, 1.54) is 41.3 Å². The largest absolute Gasteiger partial charge is 0.390 e. The normalized spacial score (nSPS) is 23.8. The van der Waals surface area contributed by atoms with E-state index in [4.69, 9.17) is 0 Å². The molecule has 1 aliphatic carbocycles. The topological polar surface area (TPSA) is 48.0 Å². The van der Waals surface area contributed by atoms with Crippen LogP contribution in [0.3, 0.4) is 0 Å². The maximum Gasteiger partial charge on any atom is 0.0651 e. The van der Waals surface area contributed by atoms with Crippen LogP contribution >= 0.6 is 0 Å². The van der Waals surface area contributed by atoms with Crippen LogP contribution in [0.4, 0.5) is 0 Å². The molecular formula is C19H26N2O. The molecule has 3 heteroatoms. The molecule has 0 bridgehead atoms. The van der Waals surface area contributed by atoms with Crippen molar-refractivity contribution in [2.75, 3.05) is 6.54 Å². The molecule has 1 aliphatic heterocycles. The number of aryl methyl sites for hydroxylation is 1. The molecule has 1 atom stereocenters. The van der Waals surface area contributed by atoms with Crippen molar-refractivity contribution >= 4 is 10.9 Å². The van der Waals surface area contributed by atoms with Crippen LogP contribution < -0.4 is 5.32 Å². The average Bonchev–Trinajstić information content (AvgIpc) is 3.14. The Morgan fingerprint density at radius 3 is 2.86 bits per heavy atom. The Labute approximate surface area is 132 Å². The summed E-state index contributed by atoms with van der Waals surface area (Å²) in [5.74, 6) is 0. The summed E-state index contributed by atoms with van der Waals surface area (Å²) in [6.07, 6.45) is 10.9. The first-order valence-corrected chi connectivity index (χ1v) is 8.77. The predicted octanol–water partition coefficient (Wildman–Crippen LogP) is 3.31. The number of fused-ring (bicyclic) bond motifs is 1. The summed E-state index contributed by atoms with van der Waals surface area (Å²) in [5, 5.41) is 15.2. The van der Waals surface area contributed by atoms with Crippen LogP contribution in [0.2, 0.25) is 0 Å². The van der Waals surface area contributed by atoms with Crippen LogP contribution in [0.15, 0.2) is 24.4 Å². The van der Waals surface area contributed by atoms with E-state index in [1.54, 1.807) is 0 Å². The Kier molecular flexibility index (Phi) is 3.71. The molecule has 1 saturated heterocycles. The van der Waals surface area contributed by atoms with Crippen molar-refractivity contribution in [2.45, 2.75) is 63.0 Å². The van der Waals surface area contributed by atoms with Gasteiger partial charge in [0.05, 0.1) is 5.60 Å². The summed E-state index contributed by atoms with van der Waals surface area (Å²) in [5.41, 5.74) is 3.65. The second-order valence-corrected chi connectivity index (χ2v) is 7.27. The van der Waals surface area contributed by atoms with Gasteiger partial charge in [0.15, 0.2) is 0 Å². The first-order valence-electron chi connectivity index (χ1n) is 8.77. The summed E-state index contributed by atoms with van der Waals surface area (Å²) in [4.78, 5) is 3.41. The zero-order valence-electron chi connectivity index (χ0n) is 13.2. The molecular weight excluding hydrogens is 272 g/mol. The van der Waals surface area contributed by atoms with Gasteiger partial charge in [0.25, 0.3) is 0 Å². The van der Waals surface area contributed by atoms with E-state index in [2.05, 4.69) is 34.7 Å². The number of aromatic amines is 1. The van der Waals surface area contributed by atoms with Crippen LogP contribution in [0.5, 0.6) is 0 Å². The molecule has 3 N–H and O–H groups in total. The molecule has 0 unspecified atom stereocenters. The van der Waals surface area contributed by atoms with Gasteiger partial charge in [-0.3, -0.25) is 0 Å². The first kappa shape index (κ1) is 14.3.